The molecule has 1 aromatic rings. The van der Waals surface area contributed by atoms with Crippen LogP contribution in [-0.4, -0.2) is 0 Å². The molecule has 0 bridgehead atoms. The van der Waals surface area contributed by atoms with Crippen molar-refractivity contribution < 1.29 is 0 Å². The van der Waals surface area contributed by atoms with Crippen molar-refractivity contribution in [1.29, 1.82) is 0 Å². The summed E-state index contributed by atoms with van der Waals surface area (Å²) in [7, 11) is 0. The lowest BCUT2D eigenvalue weighted by Gasteiger charge is -2.07. The molecule has 0 radical (unpaired) electrons. The van der Waals surface area contributed by atoms with Crippen LogP contribution in [0.3, 0.4) is 0 Å². The predicted octanol–water partition coefficient (Wildman–Crippen LogP) is 3.37. The van der Waals surface area contributed by atoms with Gasteiger partial charge in [-0.3, -0.25) is 0 Å². The molecule has 0 fully saturated rings. The van der Waals surface area contributed by atoms with E-state index >= 15 is 0 Å². The highest BCUT2D eigenvalue weighted by atomic mass is 14.0. The van der Waals surface area contributed by atoms with Gasteiger partial charge in [-0.15, -0.1) is 6.58 Å². The molecule has 1 atom stereocenters. The highest BCUT2D eigenvalue weighted by Gasteiger charge is 2.00. The summed E-state index contributed by atoms with van der Waals surface area (Å²) in [5.41, 5.74) is 1.40. The molecule has 0 unspecified atom stereocenters. The standard InChI is InChI=1S/C11H14/c1-3-7-10(2)11-8-5-4-6-9-11/h3-6,8-10H,1,7H2,2H3/t10-/m0/s1. The first-order valence-electron chi connectivity index (χ1n) is 4.00. The van der Waals surface area contributed by atoms with Gasteiger partial charge in [0.25, 0.3) is 0 Å². The van der Waals surface area contributed by atoms with E-state index in [4.69, 9.17) is 0 Å². The van der Waals surface area contributed by atoms with Crippen LogP contribution in [0.15, 0.2) is 43.0 Å². The fourth-order valence-corrected chi connectivity index (χ4v) is 1.17. The summed E-state index contributed by atoms with van der Waals surface area (Å²) >= 11 is 0. The molecule has 0 aliphatic heterocycles. The van der Waals surface area contributed by atoms with Crippen molar-refractivity contribution in [2.24, 2.45) is 0 Å². The molecule has 58 valence electrons. The minimum absolute atomic E-state index is 0.605. The zero-order chi connectivity index (χ0) is 8.10. The smallest absolute Gasteiger partial charge is 0.0156 e. The summed E-state index contributed by atoms with van der Waals surface area (Å²) < 4.78 is 0. The Morgan fingerprint density at radius 3 is 2.55 bits per heavy atom. The predicted molar refractivity (Wildman–Crippen MR) is 49.7 cm³/mol. The maximum Gasteiger partial charge on any atom is -0.0156 e. The lowest BCUT2D eigenvalue weighted by molar-refractivity contribution is 0.782. The minimum atomic E-state index is 0.605. The van der Waals surface area contributed by atoms with Gasteiger partial charge in [0.1, 0.15) is 0 Å². The third-order valence-corrected chi connectivity index (χ3v) is 1.89. The Labute approximate surface area is 68.6 Å². The molecule has 1 rings (SSSR count). The summed E-state index contributed by atoms with van der Waals surface area (Å²) in [6.45, 7) is 5.95. The van der Waals surface area contributed by atoms with Crippen LogP contribution < -0.4 is 0 Å². The zero-order valence-corrected chi connectivity index (χ0v) is 6.96. The molecule has 0 N–H and O–H groups in total. The summed E-state index contributed by atoms with van der Waals surface area (Å²) in [4.78, 5) is 0. The van der Waals surface area contributed by atoms with Crippen molar-refractivity contribution in [2.45, 2.75) is 19.3 Å². The van der Waals surface area contributed by atoms with Gasteiger partial charge in [0.2, 0.25) is 0 Å². The van der Waals surface area contributed by atoms with Gasteiger partial charge < -0.3 is 0 Å². The quantitative estimate of drug-likeness (QED) is 0.573. The van der Waals surface area contributed by atoms with E-state index in [1.807, 2.05) is 12.1 Å². The molecule has 0 heteroatoms. The molecule has 0 aliphatic rings. The third-order valence-electron chi connectivity index (χ3n) is 1.89. The minimum Gasteiger partial charge on any atom is -0.103 e. The van der Waals surface area contributed by atoms with Gasteiger partial charge in [-0.25, -0.2) is 0 Å². The van der Waals surface area contributed by atoms with Gasteiger partial charge in [-0.1, -0.05) is 43.3 Å². The van der Waals surface area contributed by atoms with Crippen LogP contribution in [0.25, 0.3) is 0 Å². The zero-order valence-electron chi connectivity index (χ0n) is 6.96. The van der Waals surface area contributed by atoms with Crippen molar-refractivity contribution in [2.75, 3.05) is 0 Å². The average Bonchev–Trinajstić information content (AvgIpc) is 2.07. The molecule has 0 saturated carbocycles. The number of hydrogen-bond acceptors (Lipinski definition) is 0. The Bertz CT molecular complexity index is 211. The van der Waals surface area contributed by atoms with Gasteiger partial charge in [0.15, 0.2) is 0 Å². The molecule has 1 aromatic carbocycles. The van der Waals surface area contributed by atoms with Crippen molar-refractivity contribution >= 4 is 0 Å². The maximum atomic E-state index is 3.73. The van der Waals surface area contributed by atoms with Gasteiger partial charge in [0.05, 0.1) is 0 Å². The molecular weight excluding hydrogens is 132 g/mol. The molecule has 0 saturated heterocycles. The molecule has 0 heterocycles. The fraction of sp³-hybridized carbons (Fsp3) is 0.273. The Balaban J connectivity index is 2.68. The number of benzene rings is 1. The Morgan fingerprint density at radius 1 is 1.36 bits per heavy atom. The highest BCUT2D eigenvalue weighted by molar-refractivity contribution is 5.19. The summed E-state index contributed by atoms with van der Waals surface area (Å²) in [6.07, 6.45) is 3.03. The second kappa shape index (κ2) is 3.97. The lowest BCUT2D eigenvalue weighted by Crippen LogP contribution is -1.89. The molecular formula is C11H14. The average molecular weight is 146 g/mol. The van der Waals surface area contributed by atoms with E-state index in [0.717, 1.165) is 6.42 Å². The first-order valence-corrected chi connectivity index (χ1v) is 4.00. The summed E-state index contributed by atoms with van der Waals surface area (Å²) in [6, 6.07) is 10.5. The van der Waals surface area contributed by atoms with E-state index in [2.05, 4.69) is 37.8 Å². The van der Waals surface area contributed by atoms with Gasteiger partial charge in [-0.05, 0) is 17.9 Å². The molecule has 0 aromatic heterocycles. The lowest BCUT2D eigenvalue weighted by atomic mass is 9.98. The largest absolute Gasteiger partial charge is 0.103 e. The van der Waals surface area contributed by atoms with Gasteiger partial charge in [0, 0.05) is 0 Å². The van der Waals surface area contributed by atoms with Crippen LogP contribution in [0, 0.1) is 0 Å². The first-order chi connectivity index (χ1) is 5.34. The van der Waals surface area contributed by atoms with Crippen molar-refractivity contribution in [3.05, 3.63) is 48.6 Å². The van der Waals surface area contributed by atoms with Crippen LogP contribution in [0.1, 0.15) is 24.8 Å². The Morgan fingerprint density at radius 2 is 2.00 bits per heavy atom. The summed E-state index contributed by atoms with van der Waals surface area (Å²) in [5.74, 6) is 0.605. The molecule has 0 spiro atoms. The first kappa shape index (κ1) is 8.06. The van der Waals surface area contributed by atoms with Crippen LogP contribution >= 0.6 is 0 Å². The van der Waals surface area contributed by atoms with Crippen LogP contribution in [0.4, 0.5) is 0 Å². The fourth-order valence-electron chi connectivity index (χ4n) is 1.17. The topological polar surface area (TPSA) is 0 Å². The van der Waals surface area contributed by atoms with E-state index in [0.29, 0.717) is 5.92 Å². The number of hydrogen-bond donors (Lipinski definition) is 0. The Hall–Kier alpha value is -1.04. The summed E-state index contributed by atoms with van der Waals surface area (Å²) in [5, 5.41) is 0. The van der Waals surface area contributed by atoms with Crippen LogP contribution in [-0.2, 0) is 0 Å². The number of rotatable bonds is 3. The van der Waals surface area contributed by atoms with Crippen LogP contribution in [0.2, 0.25) is 0 Å². The third kappa shape index (κ3) is 2.23. The maximum absolute atomic E-state index is 3.73. The SMILES string of the molecule is C=CC[C@H](C)c1ccccc1. The van der Waals surface area contributed by atoms with Gasteiger partial charge in [-0.2, -0.15) is 0 Å². The van der Waals surface area contributed by atoms with Gasteiger partial charge >= 0.3 is 0 Å². The molecule has 0 aliphatic carbocycles. The van der Waals surface area contributed by atoms with Crippen molar-refractivity contribution in [3.63, 3.8) is 0 Å². The van der Waals surface area contributed by atoms with E-state index < -0.39 is 0 Å². The number of allylic oxidation sites excluding steroid dienone is 1. The molecule has 11 heavy (non-hydrogen) atoms. The second-order valence-corrected chi connectivity index (χ2v) is 2.84. The van der Waals surface area contributed by atoms with E-state index in [1.165, 1.54) is 5.56 Å². The van der Waals surface area contributed by atoms with E-state index in [-0.39, 0.29) is 0 Å². The van der Waals surface area contributed by atoms with Crippen molar-refractivity contribution in [3.8, 4) is 0 Å². The van der Waals surface area contributed by atoms with Crippen LogP contribution in [0.5, 0.6) is 0 Å². The molecule has 0 amide bonds. The van der Waals surface area contributed by atoms with E-state index in [9.17, 15) is 0 Å². The highest BCUT2D eigenvalue weighted by Crippen LogP contribution is 2.17. The Kier molecular flexibility index (Phi) is 2.91. The van der Waals surface area contributed by atoms with E-state index in [1.54, 1.807) is 0 Å². The monoisotopic (exact) mass is 146 g/mol. The normalized spacial score (nSPS) is 12.5. The second-order valence-electron chi connectivity index (χ2n) is 2.84. The molecule has 0 nitrogen and oxygen atoms in total. The van der Waals surface area contributed by atoms with Crippen molar-refractivity contribution in [1.82, 2.24) is 0 Å².